The molecule has 3 aliphatic heterocycles. The van der Waals surface area contributed by atoms with E-state index in [9.17, 15) is 27.6 Å². The molecule has 6 aromatic rings. The SMILES string of the molecule is CC(C)(C)OC(=O)N1C[C@H](F)C[C@H]1C(=O)NC1CCC(c2cc3sccc3s2)C1.CC(C)(C)OC(=O)N1C[C@H](F)C[C@H]1C(=S)NC1CCC(c2cc3sccc3s2)C1.Cl.F[C@H]1CN[C@H](C(=S)NC2CCC(c3cc4sccc4s3)C2)C1. The maximum atomic E-state index is 14.1. The summed E-state index contributed by atoms with van der Waals surface area (Å²) in [7, 11) is 0. The van der Waals surface area contributed by atoms with E-state index in [0.717, 1.165) is 56.4 Å². The number of amides is 3. The molecule has 12 rings (SSSR count). The van der Waals surface area contributed by atoms with Gasteiger partial charge in [0.25, 0.3) is 0 Å². The third-order valence-corrected chi connectivity index (χ3v) is 23.3. The fourth-order valence-corrected chi connectivity index (χ4v) is 19.5. The molecular weight excluding hydrogens is 1210 g/mol. The van der Waals surface area contributed by atoms with Crippen LogP contribution in [0.15, 0.2) is 52.5 Å². The van der Waals surface area contributed by atoms with Gasteiger partial charge in [-0.1, -0.05) is 24.4 Å². The summed E-state index contributed by atoms with van der Waals surface area (Å²) in [6.45, 7) is 11.1. The van der Waals surface area contributed by atoms with E-state index < -0.39 is 54.0 Å². The lowest BCUT2D eigenvalue weighted by Crippen LogP contribution is -2.49. The maximum absolute atomic E-state index is 14.1. The first-order chi connectivity index (χ1) is 38.1. The number of hydrogen-bond acceptors (Lipinski definition) is 14. The second-order valence-electron chi connectivity index (χ2n) is 24.3. The first-order valence-electron chi connectivity index (χ1n) is 28.0. The summed E-state index contributed by atoms with van der Waals surface area (Å²) in [5.41, 5.74) is -1.29. The predicted molar refractivity (Wildman–Crippen MR) is 341 cm³/mol. The minimum absolute atomic E-state index is 0. The molecule has 6 fully saturated rings. The quantitative estimate of drug-likeness (QED) is 0.104. The third-order valence-electron chi connectivity index (χ3n) is 15.8. The number of carbonyl (C=O) groups is 3. The van der Waals surface area contributed by atoms with Gasteiger partial charge in [-0.3, -0.25) is 14.6 Å². The molecule has 11 nitrogen and oxygen atoms in total. The Hall–Kier alpha value is -3.19. The van der Waals surface area contributed by atoms with Crippen molar-refractivity contribution >= 4 is 161 Å². The van der Waals surface area contributed by atoms with Gasteiger partial charge in [-0.05, 0) is 170 Å². The molecular formula is C58H74ClF3N6O5S8. The zero-order valence-corrected chi connectivity index (χ0v) is 53.8. The van der Waals surface area contributed by atoms with E-state index in [1.807, 2.05) is 66.1 Å². The molecule has 0 spiro atoms. The van der Waals surface area contributed by atoms with Crippen LogP contribution < -0.4 is 21.3 Å². The molecule has 6 aliphatic rings. The number of nitrogens with one attached hydrogen (secondary N) is 4. The Morgan fingerprint density at radius 1 is 0.543 bits per heavy atom. The van der Waals surface area contributed by atoms with Crippen molar-refractivity contribution in [2.45, 2.75) is 202 Å². The van der Waals surface area contributed by atoms with Crippen molar-refractivity contribution in [1.82, 2.24) is 31.1 Å². The van der Waals surface area contributed by atoms with Gasteiger partial charge in [-0.15, -0.1) is 80.4 Å². The summed E-state index contributed by atoms with van der Waals surface area (Å²) in [4.78, 5) is 46.2. The molecule has 0 radical (unpaired) electrons. The molecule has 442 valence electrons. The van der Waals surface area contributed by atoms with Crippen LogP contribution in [0.25, 0.3) is 28.2 Å². The van der Waals surface area contributed by atoms with Crippen LogP contribution in [0.2, 0.25) is 0 Å². The van der Waals surface area contributed by atoms with Gasteiger partial charge in [0.2, 0.25) is 5.91 Å². The normalized spacial score (nSPS) is 28.4. The fraction of sp³-hybridized carbons (Fsp3) is 0.603. The lowest BCUT2D eigenvalue weighted by Gasteiger charge is -2.29. The molecule has 3 amide bonds. The number of thiophene rings is 6. The van der Waals surface area contributed by atoms with Gasteiger partial charge in [-0.2, -0.15) is 0 Å². The van der Waals surface area contributed by atoms with Gasteiger partial charge in [0.05, 0.1) is 35.2 Å². The monoisotopic (exact) mass is 1280 g/mol. The summed E-state index contributed by atoms with van der Waals surface area (Å²) < 4.78 is 60.4. The van der Waals surface area contributed by atoms with Gasteiger partial charge in [0.1, 0.15) is 35.8 Å². The summed E-state index contributed by atoms with van der Waals surface area (Å²) in [6, 6.07) is 13.1. The molecule has 3 aliphatic carbocycles. The standard InChI is InChI=1S/C21H27FN2O3S2.C21H27FN2O2S3.C16H19FN2S3.ClH/c1-21(2,3)27-20(26)24-11-13(22)9-15(24)19(25)23-14-5-4-12(8-14)17-10-18-16(29-17)6-7-28-18;1-21(2,3)26-20(25)24-11-13(22)9-15(24)19(27)23-14-5-4-12(8-14)17-10-18-16(29-17)6-7-28-18;17-10-6-12(18-8-10)16(20)19-11-2-1-9(5-11)14-7-15-13(22-14)3-4-21-15;/h6-7,10,12-15H,4-5,8-9,11H2,1-3H3,(H,23,25);6-7,10,12-15H,4-5,8-9,11H2,1-3H3,(H,23,27);3-4,7,9-12,18H,1-2,5-6,8H2,(H,19,20);1H/t2*12?,13-,14?,15+;9?,10-,11?,12+;/m111./s1. The number of carbonyl (C=O) groups excluding carboxylic acids is 3. The molecule has 3 saturated heterocycles. The zero-order valence-electron chi connectivity index (χ0n) is 46.5. The number of hydrogen-bond donors (Lipinski definition) is 4. The lowest BCUT2D eigenvalue weighted by molar-refractivity contribution is -0.126. The van der Waals surface area contributed by atoms with E-state index in [1.54, 1.807) is 43.4 Å². The minimum Gasteiger partial charge on any atom is -0.444 e. The number of likely N-dealkylation sites (tertiary alicyclic amines) is 2. The molecule has 6 aromatic heterocycles. The molecule has 4 N–H and O–H groups in total. The highest BCUT2D eigenvalue weighted by Crippen LogP contribution is 2.45. The highest BCUT2D eigenvalue weighted by Gasteiger charge is 2.44. The lowest BCUT2D eigenvalue weighted by atomic mass is 10.1. The smallest absolute Gasteiger partial charge is 0.411 e. The average molecular weight is 1280 g/mol. The van der Waals surface area contributed by atoms with Crippen LogP contribution in [0.1, 0.15) is 151 Å². The van der Waals surface area contributed by atoms with E-state index in [4.69, 9.17) is 33.9 Å². The van der Waals surface area contributed by atoms with Gasteiger partial charge < -0.3 is 30.7 Å². The van der Waals surface area contributed by atoms with Crippen LogP contribution in [0.5, 0.6) is 0 Å². The third kappa shape index (κ3) is 15.8. The van der Waals surface area contributed by atoms with Gasteiger partial charge in [0.15, 0.2) is 0 Å². The van der Waals surface area contributed by atoms with E-state index >= 15 is 0 Å². The maximum Gasteiger partial charge on any atom is 0.411 e. The van der Waals surface area contributed by atoms with Crippen LogP contribution in [-0.4, -0.2) is 123 Å². The van der Waals surface area contributed by atoms with Gasteiger partial charge >= 0.3 is 12.2 Å². The summed E-state index contributed by atoms with van der Waals surface area (Å²) in [5, 5.41) is 19.6. The van der Waals surface area contributed by atoms with Crippen molar-refractivity contribution in [2.24, 2.45) is 0 Å². The van der Waals surface area contributed by atoms with Crippen LogP contribution in [0.4, 0.5) is 22.8 Å². The first-order valence-corrected chi connectivity index (χ1v) is 33.9. The molecule has 81 heavy (non-hydrogen) atoms. The Morgan fingerprint density at radius 3 is 1.33 bits per heavy atom. The summed E-state index contributed by atoms with van der Waals surface area (Å²) in [6.07, 6.45) is 6.17. The molecule has 9 heterocycles. The molecule has 12 atom stereocenters. The van der Waals surface area contributed by atoms with E-state index in [-0.39, 0.29) is 62.4 Å². The van der Waals surface area contributed by atoms with Crippen LogP contribution in [0, 0.1) is 0 Å². The second-order valence-corrected chi connectivity index (χ2v) is 31.4. The highest BCUT2D eigenvalue weighted by molar-refractivity contribution is 7.80. The van der Waals surface area contributed by atoms with Crippen molar-refractivity contribution in [3.05, 3.63) is 67.2 Å². The van der Waals surface area contributed by atoms with E-state index in [2.05, 4.69) is 73.8 Å². The number of fused-ring (bicyclic) bond motifs is 3. The zero-order chi connectivity index (χ0) is 56.6. The Labute approximate surface area is 514 Å². The molecule has 23 heteroatoms. The van der Waals surface area contributed by atoms with Crippen molar-refractivity contribution < 1.29 is 37.0 Å². The molecule has 0 aromatic carbocycles. The Kier molecular flexibility index (Phi) is 20.5. The average Bonchev–Trinajstić information content (AvgIpc) is 4.28. The Balaban J connectivity index is 0.000000147. The number of rotatable bonds is 9. The van der Waals surface area contributed by atoms with Crippen molar-refractivity contribution in [1.29, 1.82) is 0 Å². The van der Waals surface area contributed by atoms with Crippen molar-refractivity contribution in [3.63, 3.8) is 0 Å². The van der Waals surface area contributed by atoms with Crippen molar-refractivity contribution in [2.75, 3.05) is 19.6 Å². The second kappa shape index (κ2) is 26.6. The van der Waals surface area contributed by atoms with Gasteiger partial charge in [0, 0.05) is 86.8 Å². The molecule has 6 unspecified atom stereocenters. The van der Waals surface area contributed by atoms with E-state index in [0.29, 0.717) is 41.7 Å². The topological polar surface area (TPSA) is 124 Å². The molecule has 3 saturated carbocycles. The van der Waals surface area contributed by atoms with Gasteiger partial charge in [-0.25, -0.2) is 22.8 Å². The largest absolute Gasteiger partial charge is 0.444 e. The fourth-order valence-electron chi connectivity index (χ4n) is 12.0. The van der Waals surface area contributed by atoms with Crippen LogP contribution in [-0.2, 0) is 14.3 Å². The number of ether oxygens (including phenoxy) is 2. The Bertz CT molecular complexity index is 2910. The number of nitrogens with zero attached hydrogens (tertiary/aromatic N) is 2. The number of alkyl halides is 3. The molecule has 0 bridgehead atoms. The minimum atomic E-state index is -1.20. The number of thiocarbonyl (C=S) groups is 2. The first kappa shape index (κ1) is 62.3. The number of halogens is 4. The summed E-state index contributed by atoms with van der Waals surface area (Å²) in [5.74, 6) is 1.37. The highest BCUT2D eigenvalue weighted by atomic mass is 35.5. The summed E-state index contributed by atoms with van der Waals surface area (Å²) >= 11 is 22.1. The predicted octanol–water partition coefficient (Wildman–Crippen LogP) is 15.6. The van der Waals surface area contributed by atoms with Crippen molar-refractivity contribution in [3.8, 4) is 0 Å². The van der Waals surface area contributed by atoms with Crippen LogP contribution in [0.3, 0.4) is 0 Å². The van der Waals surface area contributed by atoms with E-state index in [1.165, 1.54) is 59.1 Å². The van der Waals surface area contributed by atoms with Crippen LogP contribution >= 0.6 is 105 Å². The Morgan fingerprint density at radius 2 is 0.938 bits per heavy atom.